The van der Waals surface area contributed by atoms with E-state index in [0.29, 0.717) is 16.7 Å². The number of hydrogen-bond acceptors (Lipinski definition) is 4. The normalized spacial score (nSPS) is 12.6. The lowest BCUT2D eigenvalue weighted by Crippen LogP contribution is -2.12. The van der Waals surface area contributed by atoms with Crippen molar-refractivity contribution >= 4 is 33.6 Å². The molecule has 0 aliphatic heterocycles. The molecule has 4 nitrogen and oxygen atoms in total. The number of rotatable bonds is 4. The van der Waals surface area contributed by atoms with Crippen molar-refractivity contribution in [2.45, 2.75) is 19.4 Å². The third-order valence-corrected chi connectivity index (χ3v) is 3.17. The second-order valence-electron chi connectivity index (χ2n) is 4.02. The molecule has 1 atom stereocenters. The molecule has 1 N–H and O–H groups in total. The zero-order valence-corrected chi connectivity index (χ0v) is 12.0. The van der Waals surface area contributed by atoms with Crippen LogP contribution in [0.1, 0.15) is 13.3 Å². The molecular weight excluding hydrogens is 347 g/mol. The molecule has 1 unspecified atom stereocenters. The minimum atomic E-state index is -0.417. The number of phenolic OH excluding ortho intramolecular Hbond substituents is 1. The summed E-state index contributed by atoms with van der Waals surface area (Å²) >= 11 is 2.27. The van der Waals surface area contributed by atoms with Gasteiger partial charge in [0.25, 0.3) is 0 Å². The van der Waals surface area contributed by atoms with Gasteiger partial charge in [-0.25, -0.2) is 4.79 Å². The molecule has 0 saturated carbocycles. The van der Waals surface area contributed by atoms with Crippen molar-refractivity contribution in [3.63, 3.8) is 0 Å². The topological polar surface area (TPSA) is 59.7 Å². The Morgan fingerprint density at radius 2 is 2.22 bits per heavy atom. The fraction of sp³-hybridized carbons (Fsp3) is 0.308. The highest BCUT2D eigenvalue weighted by Gasteiger charge is 2.10. The van der Waals surface area contributed by atoms with Gasteiger partial charge in [-0.2, -0.15) is 0 Å². The zero-order valence-electron chi connectivity index (χ0n) is 9.85. The summed E-state index contributed by atoms with van der Waals surface area (Å²) < 4.78 is 11.6. The lowest BCUT2D eigenvalue weighted by Gasteiger charge is -2.14. The average molecular weight is 360 g/mol. The predicted molar refractivity (Wildman–Crippen MR) is 77.7 cm³/mol. The van der Waals surface area contributed by atoms with Crippen molar-refractivity contribution in [1.82, 2.24) is 0 Å². The molecule has 0 aliphatic rings. The lowest BCUT2D eigenvalue weighted by atomic mass is 10.2. The van der Waals surface area contributed by atoms with Crippen LogP contribution in [0.2, 0.25) is 0 Å². The summed E-state index contributed by atoms with van der Waals surface area (Å²) in [4.78, 5) is 11.1. The van der Waals surface area contributed by atoms with Gasteiger partial charge in [0, 0.05) is 21.9 Å². The summed E-state index contributed by atoms with van der Waals surface area (Å²) in [6.07, 6.45) is 0.886. The van der Waals surface area contributed by atoms with Crippen LogP contribution < -0.4 is 10.4 Å². The number of ether oxygens (including phenoxy) is 1. The molecule has 0 bridgehead atoms. The Morgan fingerprint density at radius 1 is 1.44 bits per heavy atom. The minimum absolute atomic E-state index is 0.000634. The van der Waals surface area contributed by atoms with E-state index in [1.165, 1.54) is 12.1 Å². The largest absolute Gasteiger partial charge is 0.504 e. The SMILES string of the molecule is CC(CCI)Oc1cc2oc(=O)ccc2cc1O. The second kappa shape index (κ2) is 5.60. The van der Waals surface area contributed by atoms with Gasteiger partial charge in [-0.3, -0.25) is 0 Å². The molecule has 0 radical (unpaired) electrons. The van der Waals surface area contributed by atoms with Gasteiger partial charge in [0.1, 0.15) is 5.58 Å². The number of phenols is 1. The van der Waals surface area contributed by atoms with E-state index in [1.807, 2.05) is 6.92 Å². The van der Waals surface area contributed by atoms with Crippen LogP contribution in [0.4, 0.5) is 0 Å². The van der Waals surface area contributed by atoms with Gasteiger partial charge in [-0.15, -0.1) is 0 Å². The van der Waals surface area contributed by atoms with Crippen molar-refractivity contribution < 1.29 is 14.3 Å². The maximum absolute atomic E-state index is 11.1. The summed E-state index contributed by atoms with van der Waals surface area (Å²) in [6.45, 7) is 1.93. The van der Waals surface area contributed by atoms with Gasteiger partial charge in [-0.1, -0.05) is 22.6 Å². The molecule has 2 aromatic rings. The smallest absolute Gasteiger partial charge is 0.336 e. The Labute approximate surface area is 118 Å². The number of alkyl halides is 1. The summed E-state index contributed by atoms with van der Waals surface area (Å²) in [5.41, 5.74) is -0.00331. The van der Waals surface area contributed by atoms with Gasteiger partial charge < -0.3 is 14.3 Å². The predicted octanol–water partition coefficient (Wildman–Crippen LogP) is 3.09. The van der Waals surface area contributed by atoms with Crippen LogP contribution in [0.25, 0.3) is 11.0 Å². The molecule has 5 heteroatoms. The van der Waals surface area contributed by atoms with Crippen LogP contribution in [0.3, 0.4) is 0 Å². The first-order valence-electron chi connectivity index (χ1n) is 5.59. The maximum Gasteiger partial charge on any atom is 0.336 e. The van der Waals surface area contributed by atoms with Crippen molar-refractivity contribution in [2.24, 2.45) is 0 Å². The Kier molecular flexibility index (Phi) is 4.11. The highest BCUT2D eigenvalue weighted by atomic mass is 127. The van der Waals surface area contributed by atoms with Gasteiger partial charge in [0.05, 0.1) is 6.10 Å². The van der Waals surface area contributed by atoms with E-state index < -0.39 is 5.63 Å². The van der Waals surface area contributed by atoms with Crippen LogP contribution >= 0.6 is 22.6 Å². The third kappa shape index (κ3) is 2.95. The van der Waals surface area contributed by atoms with Crippen molar-refractivity contribution in [3.05, 3.63) is 34.7 Å². The fourth-order valence-corrected chi connectivity index (χ4v) is 2.49. The highest BCUT2D eigenvalue weighted by molar-refractivity contribution is 14.1. The molecule has 0 fully saturated rings. The van der Waals surface area contributed by atoms with Gasteiger partial charge in [0.15, 0.2) is 11.5 Å². The molecule has 0 amide bonds. The molecule has 18 heavy (non-hydrogen) atoms. The van der Waals surface area contributed by atoms with E-state index >= 15 is 0 Å². The number of fused-ring (bicyclic) bond motifs is 1. The minimum Gasteiger partial charge on any atom is -0.504 e. The number of halogens is 1. The molecule has 1 aromatic heterocycles. The Morgan fingerprint density at radius 3 is 2.94 bits per heavy atom. The van der Waals surface area contributed by atoms with E-state index in [1.54, 1.807) is 12.1 Å². The number of aromatic hydroxyl groups is 1. The highest BCUT2D eigenvalue weighted by Crippen LogP contribution is 2.31. The molecule has 0 spiro atoms. The molecule has 0 aliphatic carbocycles. The van der Waals surface area contributed by atoms with E-state index in [0.717, 1.165) is 10.8 Å². The van der Waals surface area contributed by atoms with Crippen LogP contribution in [-0.2, 0) is 0 Å². The monoisotopic (exact) mass is 360 g/mol. The Balaban J connectivity index is 2.38. The molecule has 1 aromatic carbocycles. The van der Waals surface area contributed by atoms with Crippen LogP contribution in [0, 0.1) is 0 Å². The quantitative estimate of drug-likeness (QED) is 0.517. The first kappa shape index (κ1) is 13.2. The van der Waals surface area contributed by atoms with E-state index in [4.69, 9.17) is 9.15 Å². The van der Waals surface area contributed by atoms with Crippen LogP contribution in [-0.4, -0.2) is 15.6 Å². The standard InChI is InChI=1S/C13H13IO4/c1-8(4-5-14)17-12-7-11-9(6-10(12)15)2-3-13(16)18-11/h2-3,6-8,15H,4-5H2,1H3. The number of benzene rings is 1. The summed E-state index contributed by atoms with van der Waals surface area (Å²) in [5, 5.41) is 10.5. The summed E-state index contributed by atoms with van der Waals surface area (Å²) in [6, 6.07) is 6.01. The van der Waals surface area contributed by atoms with E-state index in [-0.39, 0.29) is 11.9 Å². The van der Waals surface area contributed by atoms with Gasteiger partial charge in [-0.05, 0) is 25.5 Å². The van der Waals surface area contributed by atoms with Crippen LogP contribution in [0.5, 0.6) is 11.5 Å². The van der Waals surface area contributed by atoms with E-state index in [9.17, 15) is 9.90 Å². The summed E-state index contributed by atoms with van der Waals surface area (Å²) in [5.74, 6) is 0.394. The number of hydrogen-bond donors (Lipinski definition) is 1. The Bertz CT molecular complexity index is 605. The lowest BCUT2D eigenvalue weighted by molar-refractivity contribution is 0.211. The molecule has 96 valence electrons. The zero-order chi connectivity index (χ0) is 13.1. The van der Waals surface area contributed by atoms with Gasteiger partial charge in [0.2, 0.25) is 0 Å². The molecule has 1 heterocycles. The van der Waals surface area contributed by atoms with E-state index in [2.05, 4.69) is 22.6 Å². The maximum atomic E-state index is 11.1. The van der Waals surface area contributed by atoms with Crippen LogP contribution in [0.15, 0.2) is 33.5 Å². The second-order valence-corrected chi connectivity index (χ2v) is 5.10. The first-order chi connectivity index (χ1) is 8.60. The van der Waals surface area contributed by atoms with Crippen molar-refractivity contribution in [3.8, 4) is 11.5 Å². The van der Waals surface area contributed by atoms with Crippen molar-refractivity contribution in [2.75, 3.05) is 4.43 Å². The summed E-state index contributed by atoms with van der Waals surface area (Å²) in [7, 11) is 0. The molecular formula is C13H13IO4. The third-order valence-electron chi connectivity index (χ3n) is 2.54. The van der Waals surface area contributed by atoms with Gasteiger partial charge >= 0.3 is 5.63 Å². The van der Waals surface area contributed by atoms with Crippen molar-refractivity contribution in [1.29, 1.82) is 0 Å². The Hall–Kier alpha value is -1.24. The first-order valence-corrected chi connectivity index (χ1v) is 7.12. The average Bonchev–Trinajstić information content (AvgIpc) is 2.31. The molecule has 0 saturated heterocycles. The fourth-order valence-electron chi connectivity index (χ4n) is 1.61. The molecule has 2 rings (SSSR count).